The van der Waals surface area contributed by atoms with Crippen LogP contribution in [0.5, 0.6) is 0 Å². The summed E-state index contributed by atoms with van der Waals surface area (Å²) in [6, 6.07) is 5.36. The van der Waals surface area contributed by atoms with Gasteiger partial charge in [-0.15, -0.1) is 24.0 Å². The minimum atomic E-state index is -3.21. The molecule has 1 saturated heterocycles. The average molecular weight is 566 g/mol. The number of amides is 1. The fraction of sp³-hybridized carbons (Fsp3) is 0.619. The van der Waals surface area contributed by atoms with E-state index in [0.717, 1.165) is 50.0 Å². The van der Waals surface area contributed by atoms with Gasteiger partial charge in [-0.1, -0.05) is 12.1 Å². The molecule has 0 bridgehead atoms. The number of hydrogen-bond donors (Lipinski definition) is 2. The van der Waals surface area contributed by atoms with Gasteiger partial charge in [-0.05, 0) is 49.9 Å². The summed E-state index contributed by atoms with van der Waals surface area (Å²) in [4.78, 5) is 20.8. The Morgan fingerprint density at radius 2 is 2.00 bits per heavy atom. The fourth-order valence-corrected chi connectivity index (χ4v) is 4.76. The van der Waals surface area contributed by atoms with E-state index in [4.69, 9.17) is 0 Å². The maximum Gasteiger partial charge on any atom is 0.239 e. The van der Waals surface area contributed by atoms with Crippen molar-refractivity contribution < 1.29 is 13.2 Å². The van der Waals surface area contributed by atoms with Crippen molar-refractivity contribution in [1.29, 1.82) is 0 Å². The van der Waals surface area contributed by atoms with Crippen molar-refractivity contribution in [1.82, 2.24) is 20.4 Å². The molecule has 0 aromatic heterocycles. The number of hydrogen-bond acceptors (Lipinski definition) is 5. The SMILES string of the molecule is CN=C(NCCCN1CCCC1C(=O)N(C)C)NCc1ccc(S(C)(=O)=O)c(C)c1.I. The van der Waals surface area contributed by atoms with Crippen molar-refractivity contribution in [2.75, 3.05) is 47.0 Å². The Bertz CT molecular complexity index is 874. The quantitative estimate of drug-likeness (QED) is 0.216. The summed E-state index contributed by atoms with van der Waals surface area (Å²) in [6.07, 6.45) is 4.14. The zero-order chi connectivity index (χ0) is 22.3. The molecule has 1 aliphatic rings. The second-order valence-electron chi connectivity index (χ2n) is 8.00. The predicted octanol–water partition coefficient (Wildman–Crippen LogP) is 1.62. The Balaban J connectivity index is 0.00000480. The number of carbonyl (C=O) groups excluding carboxylic acids is 1. The summed E-state index contributed by atoms with van der Waals surface area (Å²) in [6.45, 7) is 4.96. The van der Waals surface area contributed by atoms with Crippen molar-refractivity contribution in [3.63, 3.8) is 0 Å². The Morgan fingerprint density at radius 3 is 2.58 bits per heavy atom. The van der Waals surface area contributed by atoms with Gasteiger partial charge in [0.25, 0.3) is 0 Å². The highest BCUT2D eigenvalue weighted by Crippen LogP contribution is 2.19. The number of aliphatic imine (C=N–C) groups is 1. The summed E-state index contributed by atoms with van der Waals surface area (Å²) in [5.74, 6) is 0.886. The molecule has 1 aromatic rings. The summed E-state index contributed by atoms with van der Waals surface area (Å²) >= 11 is 0. The maximum absolute atomic E-state index is 12.3. The second kappa shape index (κ2) is 12.6. The van der Waals surface area contributed by atoms with Gasteiger partial charge in [0.1, 0.15) is 0 Å². The van der Waals surface area contributed by atoms with Gasteiger partial charge >= 0.3 is 0 Å². The lowest BCUT2D eigenvalue weighted by atomic mass is 10.1. The van der Waals surface area contributed by atoms with Crippen LogP contribution in [0.1, 0.15) is 30.4 Å². The minimum absolute atomic E-state index is 0. The van der Waals surface area contributed by atoms with Crippen LogP contribution in [0, 0.1) is 6.92 Å². The van der Waals surface area contributed by atoms with Crippen LogP contribution in [0.2, 0.25) is 0 Å². The van der Waals surface area contributed by atoms with Gasteiger partial charge < -0.3 is 15.5 Å². The van der Waals surface area contributed by atoms with E-state index in [9.17, 15) is 13.2 Å². The number of nitrogens with one attached hydrogen (secondary N) is 2. The summed E-state index contributed by atoms with van der Waals surface area (Å²) in [5, 5.41) is 6.56. The predicted molar refractivity (Wildman–Crippen MR) is 136 cm³/mol. The van der Waals surface area contributed by atoms with E-state index in [1.165, 1.54) is 6.26 Å². The third-order valence-electron chi connectivity index (χ3n) is 5.33. The van der Waals surface area contributed by atoms with Crippen molar-refractivity contribution in [2.45, 2.75) is 43.7 Å². The van der Waals surface area contributed by atoms with Crippen molar-refractivity contribution in [3.8, 4) is 0 Å². The molecule has 1 amide bonds. The number of benzene rings is 1. The largest absolute Gasteiger partial charge is 0.356 e. The van der Waals surface area contributed by atoms with Gasteiger partial charge in [-0.2, -0.15) is 0 Å². The summed E-state index contributed by atoms with van der Waals surface area (Å²) < 4.78 is 23.5. The molecule has 1 unspecified atom stereocenters. The highest BCUT2D eigenvalue weighted by molar-refractivity contribution is 14.0. The van der Waals surface area contributed by atoms with Crippen molar-refractivity contribution in [2.24, 2.45) is 4.99 Å². The topological polar surface area (TPSA) is 94.1 Å². The molecule has 1 aliphatic heterocycles. The summed E-state index contributed by atoms with van der Waals surface area (Å²) in [5.41, 5.74) is 1.73. The number of aryl methyl sites for hydroxylation is 1. The first-order valence-electron chi connectivity index (χ1n) is 10.3. The number of guanidine groups is 1. The van der Waals surface area contributed by atoms with E-state index in [-0.39, 0.29) is 35.9 Å². The van der Waals surface area contributed by atoms with Crippen LogP contribution in [0.15, 0.2) is 28.1 Å². The molecule has 0 radical (unpaired) electrons. The van der Waals surface area contributed by atoms with E-state index in [2.05, 4.69) is 20.5 Å². The van der Waals surface area contributed by atoms with Crippen LogP contribution in [-0.4, -0.2) is 83.2 Å². The number of nitrogens with zero attached hydrogens (tertiary/aromatic N) is 3. The molecule has 2 N–H and O–H groups in total. The fourth-order valence-electron chi connectivity index (χ4n) is 3.80. The van der Waals surface area contributed by atoms with Gasteiger partial charge in [0, 0.05) is 47.0 Å². The molecule has 2 rings (SSSR count). The van der Waals surface area contributed by atoms with Crippen LogP contribution in [0.25, 0.3) is 0 Å². The van der Waals surface area contributed by atoms with E-state index < -0.39 is 9.84 Å². The zero-order valence-electron chi connectivity index (χ0n) is 19.1. The standard InChI is InChI=1S/C21H35N5O3S.HI/c1-16-14-17(9-10-19(16)30(5,28)29)15-24-21(22-2)23-11-7-13-26-12-6-8-18(26)20(27)25(3)4;/h9-10,14,18H,6-8,11-13,15H2,1-5H3,(H2,22,23,24);1H. The molecule has 0 aliphatic carbocycles. The van der Waals surface area contributed by atoms with Gasteiger partial charge in [0.05, 0.1) is 10.9 Å². The first-order valence-corrected chi connectivity index (χ1v) is 12.2. The molecule has 31 heavy (non-hydrogen) atoms. The number of rotatable bonds is 8. The molecule has 1 fully saturated rings. The molecule has 1 heterocycles. The van der Waals surface area contributed by atoms with Crippen molar-refractivity contribution >= 4 is 45.7 Å². The molecule has 8 nitrogen and oxygen atoms in total. The van der Waals surface area contributed by atoms with E-state index >= 15 is 0 Å². The molecular weight excluding hydrogens is 529 g/mol. The molecule has 0 saturated carbocycles. The molecule has 0 spiro atoms. The number of likely N-dealkylation sites (N-methyl/N-ethyl adjacent to an activating group) is 1. The maximum atomic E-state index is 12.3. The number of halogens is 1. The number of sulfone groups is 1. The first kappa shape index (κ1) is 27.6. The van der Waals surface area contributed by atoms with Crippen LogP contribution >= 0.6 is 24.0 Å². The third-order valence-corrected chi connectivity index (χ3v) is 6.58. The highest BCUT2D eigenvalue weighted by Gasteiger charge is 2.30. The molecule has 1 aromatic carbocycles. The van der Waals surface area contributed by atoms with Crippen LogP contribution in [0.4, 0.5) is 0 Å². The van der Waals surface area contributed by atoms with Gasteiger partial charge in [-0.3, -0.25) is 14.7 Å². The van der Waals surface area contributed by atoms with Crippen LogP contribution in [-0.2, 0) is 21.2 Å². The van der Waals surface area contributed by atoms with Gasteiger partial charge in [0.15, 0.2) is 15.8 Å². The van der Waals surface area contributed by atoms with E-state index in [0.29, 0.717) is 17.4 Å². The Labute approximate surface area is 203 Å². The third kappa shape index (κ3) is 8.23. The average Bonchev–Trinajstić information content (AvgIpc) is 3.14. The van der Waals surface area contributed by atoms with Gasteiger partial charge in [0.2, 0.25) is 5.91 Å². The molecule has 10 heteroatoms. The monoisotopic (exact) mass is 565 g/mol. The Hall–Kier alpha value is -1.40. The molecule has 176 valence electrons. The second-order valence-corrected chi connectivity index (χ2v) is 9.99. The Kier molecular flexibility index (Phi) is 11.2. The van der Waals surface area contributed by atoms with Crippen LogP contribution in [0.3, 0.4) is 0 Å². The van der Waals surface area contributed by atoms with Crippen molar-refractivity contribution in [3.05, 3.63) is 29.3 Å². The normalized spacial score (nSPS) is 17.2. The molecule has 1 atom stereocenters. The smallest absolute Gasteiger partial charge is 0.239 e. The number of likely N-dealkylation sites (tertiary alicyclic amines) is 1. The Morgan fingerprint density at radius 1 is 1.29 bits per heavy atom. The van der Waals surface area contributed by atoms with E-state index in [1.54, 1.807) is 24.9 Å². The lowest BCUT2D eigenvalue weighted by Crippen LogP contribution is -2.44. The first-order chi connectivity index (χ1) is 14.1. The molecular formula is C21H36IN5O3S. The van der Waals surface area contributed by atoms with E-state index in [1.807, 2.05) is 26.2 Å². The van der Waals surface area contributed by atoms with Crippen LogP contribution < -0.4 is 10.6 Å². The highest BCUT2D eigenvalue weighted by atomic mass is 127. The number of carbonyl (C=O) groups is 1. The summed E-state index contributed by atoms with van der Waals surface area (Å²) in [7, 11) is 2.14. The lowest BCUT2D eigenvalue weighted by molar-refractivity contribution is -0.133. The van der Waals surface area contributed by atoms with Gasteiger partial charge in [-0.25, -0.2) is 8.42 Å². The lowest BCUT2D eigenvalue weighted by Gasteiger charge is -2.26. The minimum Gasteiger partial charge on any atom is -0.356 e. The zero-order valence-corrected chi connectivity index (χ0v) is 22.3.